The van der Waals surface area contributed by atoms with Crippen molar-refractivity contribution in [1.82, 2.24) is 24.8 Å². The maximum Gasteiger partial charge on any atom is 0.410 e. The van der Waals surface area contributed by atoms with E-state index in [-0.39, 0.29) is 53.5 Å². The number of aryl methyl sites for hydroxylation is 1. The number of ether oxygens (including phenoxy) is 2. The molecule has 2 aromatic carbocycles. The molecule has 278 valence electrons. The molecule has 0 unspecified atom stereocenters. The number of hydrogen-bond acceptors (Lipinski definition) is 8. The van der Waals surface area contributed by atoms with Crippen LogP contribution in [-0.2, 0) is 11.2 Å². The molecule has 3 fully saturated rings. The molecule has 3 saturated heterocycles. The molecule has 6 heterocycles. The van der Waals surface area contributed by atoms with Gasteiger partial charge in [-0.3, -0.25) is 4.90 Å². The van der Waals surface area contributed by atoms with E-state index in [1.165, 1.54) is 6.07 Å². The molecule has 1 amide bonds. The average molecular weight is 727 g/mol. The lowest BCUT2D eigenvalue weighted by Crippen LogP contribution is -2.63. The Kier molecular flexibility index (Phi) is 8.71. The standard InChI is InChI=1S/C41H45F3N6O3/c1-7-27-29(43)14-13-25-10-8-11-28(31(25)27)34-33(44)35-32-30(45-34)15-12-23(2)36-24(3)49(39(51)53-40(4,5)6)18-19-50(36)37(32)47-38(46-35)52-22-41-16-9-17-48(41)21-26(42)20-41/h1,8,10-11,13-14,23-24,26,36H,9,12,15-22H2,2-6H3/t23-,24+,26-,36+,41+/m1/s1. The van der Waals surface area contributed by atoms with Gasteiger partial charge in [0.05, 0.1) is 34.3 Å². The van der Waals surface area contributed by atoms with Crippen LogP contribution in [0.2, 0.25) is 0 Å². The largest absolute Gasteiger partial charge is 0.461 e. The zero-order chi connectivity index (χ0) is 37.4. The summed E-state index contributed by atoms with van der Waals surface area (Å²) in [6.07, 6.45) is 7.73. The first-order chi connectivity index (χ1) is 25.3. The summed E-state index contributed by atoms with van der Waals surface area (Å²) in [6, 6.07) is 7.75. The number of carbonyl (C=O) groups excluding carboxylic acids is 1. The number of alkyl halides is 1. The van der Waals surface area contributed by atoms with Crippen LogP contribution in [0.3, 0.4) is 0 Å². The lowest BCUT2D eigenvalue weighted by Gasteiger charge is -2.50. The van der Waals surface area contributed by atoms with Crippen LogP contribution in [0.25, 0.3) is 32.9 Å². The summed E-state index contributed by atoms with van der Waals surface area (Å²) in [5.41, 5.74) is -0.0744. The van der Waals surface area contributed by atoms with E-state index in [9.17, 15) is 9.18 Å². The molecule has 4 aliphatic rings. The lowest BCUT2D eigenvalue weighted by molar-refractivity contribution is 0.00817. The van der Waals surface area contributed by atoms with Crippen LogP contribution in [0.4, 0.5) is 23.8 Å². The molecule has 4 aromatic rings. The Morgan fingerprint density at radius 1 is 1.08 bits per heavy atom. The van der Waals surface area contributed by atoms with E-state index in [2.05, 4.69) is 22.6 Å². The number of pyridine rings is 1. The number of fused-ring (bicyclic) bond motifs is 4. The first-order valence-electron chi connectivity index (χ1n) is 18.6. The van der Waals surface area contributed by atoms with Crippen molar-refractivity contribution in [2.75, 3.05) is 37.7 Å². The van der Waals surface area contributed by atoms with Crippen molar-refractivity contribution in [3.63, 3.8) is 0 Å². The third-order valence-corrected chi connectivity index (χ3v) is 11.7. The van der Waals surface area contributed by atoms with Crippen molar-refractivity contribution in [2.24, 2.45) is 5.92 Å². The number of halogens is 3. The Labute approximate surface area is 307 Å². The van der Waals surface area contributed by atoms with Crippen LogP contribution in [0, 0.1) is 29.9 Å². The minimum absolute atomic E-state index is 0.0134. The van der Waals surface area contributed by atoms with Gasteiger partial charge in [-0.1, -0.05) is 37.1 Å². The van der Waals surface area contributed by atoms with Gasteiger partial charge >= 0.3 is 12.1 Å². The van der Waals surface area contributed by atoms with Crippen LogP contribution in [-0.4, -0.2) is 93.0 Å². The number of aromatic nitrogens is 3. The topological polar surface area (TPSA) is 83.9 Å². The number of piperazine rings is 1. The van der Waals surface area contributed by atoms with Gasteiger partial charge in [0.2, 0.25) is 0 Å². The highest BCUT2D eigenvalue weighted by Crippen LogP contribution is 2.44. The zero-order valence-corrected chi connectivity index (χ0v) is 30.9. The number of hydrogen-bond donors (Lipinski definition) is 0. The van der Waals surface area contributed by atoms with Gasteiger partial charge in [-0.15, -0.1) is 6.42 Å². The van der Waals surface area contributed by atoms with E-state index in [0.29, 0.717) is 72.1 Å². The molecule has 0 aliphatic carbocycles. The third-order valence-electron chi connectivity index (χ3n) is 11.7. The third kappa shape index (κ3) is 6.01. The van der Waals surface area contributed by atoms with E-state index >= 15 is 8.78 Å². The van der Waals surface area contributed by atoms with Gasteiger partial charge in [-0.05, 0) is 77.3 Å². The summed E-state index contributed by atoms with van der Waals surface area (Å²) >= 11 is 0. The maximum absolute atomic E-state index is 17.4. The summed E-state index contributed by atoms with van der Waals surface area (Å²) in [5, 5.41) is 1.53. The van der Waals surface area contributed by atoms with Crippen molar-refractivity contribution >= 4 is 33.6 Å². The summed E-state index contributed by atoms with van der Waals surface area (Å²) in [5.74, 6) is 1.72. The van der Waals surface area contributed by atoms with Crippen LogP contribution in [0.1, 0.15) is 71.6 Å². The molecule has 0 saturated carbocycles. The van der Waals surface area contributed by atoms with Gasteiger partial charge in [0.15, 0.2) is 5.82 Å². The van der Waals surface area contributed by atoms with Gasteiger partial charge in [-0.25, -0.2) is 22.9 Å². The second-order valence-electron chi connectivity index (χ2n) is 16.2. The minimum Gasteiger partial charge on any atom is -0.461 e. The number of amides is 1. The highest BCUT2D eigenvalue weighted by atomic mass is 19.1. The van der Waals surface area contributed by atoms with Crippen molar-refractivity contribution in [3.05, 3.63) is 53.2 Å². The minimum atomic E-state index is -0.943. The van der Waals surface area contributed by atoms with Crippen LogP contribution >= 0.6 is 0 Å². The Hall–Kier alpha value is -4.63. The molecule has 0 spiro atoms. The van der Waals surface area contributed by atoms with Crippen LogP contribution < -0.4 is 9.64 Å². The average Bonchev–Trinajstić information content (AvgIpc) is 3.64. The van der Waals surface area contributed by atoms with Gasteiger partial charge in [-0.2, -0.15) is 9.97 Å². The first kappa shape index (κ1) is 35.4. The Balaban J connectivity index is 1.30. The van der Waals surface area contributed by atoms with E-state index in [1.807, 2.05) is 27.7 Å². The van der Waals surface area contributed by atoms with Gasteiger partial charge in [0, 0.05) is 37.0 Å². The van der Waals surface area contributed by atoms with Crippen LogP contribution in [0.15, 0.2) is 30.3 Å². The second-order valence-corrected chi connectivity index (χ2v) is 16.2. The normalized spacial score (nSPS) is 25.9. The SMILES string of the molecule is C#Cc1c(F)ccc2cccc(-c3nc4c5c(nc(OC[C@@]67CCCN6C[C@H](F)C7)nc5c3F)N3CCN(C(=O)OC(C)(C)C)[C@@H](C)[C@@H]3[C@H](C)CC4)c12. The predicted molar refractivity (Wildman–Crippen MR) is 198 cm³/mol. The maximum atomic E-state index is 17.4. The first-order valence-corrected chi connectivity index (χ1v) is 18.6. The predicted octanol–water partition coefficient (Wildman–Crippen LogP) is 7.46. The molecule has 8 rings (SSSR count). The fraction of sp³-hybridized carbons (Fsp3) is 0.512. The molecule has 0 radical (unpaired) electrons. The fourth-order valence-corrected chi connectivity index (χ4v) is 9.33. The van der Waals surface area contributed by atoms with Crippen molar-refractivity contribution in [2.45, 2.75) is 96.1 Å². The van der Waals surface area contributed by atoms with Crippen molar-refractivity contribution in [3.8, 4) is 29.6 Å². The van der Waals surface area contributed by atoms with E-state index < -0.39 is 28.9 Å². The number of anilines is 1. The van der Waals surface area contributed by atoms with E-state index in [1.54, 1.807) is 29.2 Å². The zero-order valence-electron chi connectivity index (χ0n) is 30.9. The summed E-state index contributed by atoms with van der Waals surface area (Å²) in [7, 11) is 0. The number of nitrogens with zero attached hydrogens (tertiary/aromatic N) is 6. The molecule has 2 aromatic heterocycles. The lowest BCUT2D eigenvalue weighted by atomic mass is 9.85. The summed E-state index contributed by atoms with van der Waals surface area (Å²) < 4.78 is 59.3. The highest BCUT2D eigenvalue weighted by molar-refractivity contribution is 6.02. The van der Waals surface area contributed by atoms with Gasteiger partial charge in [0.25, 0.3) is 0 Å². The summed E-state index contributed by atoms with van der Waals surface area (Å²) in [6.45, 7) is 11.8. The Morgan fingerprint density at radius 2 is 1.89 bits per heavy atom. The molecule has 0 N–H and O–H groups in total. The molecule has 9 nitrogen and oxygen atoms in total. The molecule has 5 atom stereocenters. The molecular formula is C41H45F3N6O3. The van der Waals surface area contributed by atoms with Gasteiger partial charge in [0.1, 0.15) is 41.2 Å². The Bertz CT molecular complexity index is 2170. The molecule has 0 bridgehead atoms. The quantitative estimate of drug-likeness (QED) is 0.201. The second kappa shape index (κ2) is 13.0. The molecular weight excluding hydrogens is 681 g/mol. The molecule has 4 aliphatic heterocycles. The number of rotatable bonds is 4. The molecule has 12 heteroatoms. The van der Waals surface area contributed by atoms with Crippen LogP contribution in [0.5, 0.6) is 6.01 Å². The van der Waals surface area contributed by atoms with E-state index in [0.717, 1.165) is 19.4 Å². The van der Waals surface area contributed by atoms with E-state index in [4.69, 9.17) is 30.8 Å². The smallest absolute Gasteiger partial charge is 0.410 e. The summed E-state index contributed by atoms with van der Waals surface area (Å²) in [4.78, 5) is 34.2. The molecule has 53 heavy (non-hydrogen) atoms. The van der Waals surface area contributed by atoms with Crippen molar-refractivity contribution < 1.29 is 27.4 Å². The number of benzene rings is 2. The number of carbonyl (C=O) groups is 1. The fourth-order valence-electron chi connectivity index (χ4n) is 9.33. The van der Waals surface area contributed by atoms with Gasteiger partial charge < -0.3 is 19.3 Å². The monoisotopic (exact) mass is 726 g/mol. The Morgan fingerprint density at radius 3 is 2.66 bits per heavy atom. The van der Waals surface area contributed by atoms with Crippen molar-refractivity contribution in [1.29, 1.82) is 0 Å². The number of terminal acetylenes is 1. The highest BCUT2D eigenvalue weighted by Gasteiger charge is 2.50.